The van der Waals surface area contributed by atoms with Crippen molar-refractivity contribution in [3.05, 3.63) is 88.3 Å². The fraction of sp³-hybridized carbons (Fsp3) is 0.310. The molecule has 42 heavy (non-hydrogen) atoms. The van der Waals surface area contributed by atoms with Gasteiger partial charge in [0.05, 0.1) is 35.3 Å². The van der Waals surface area contributed by atoms with Crippen LogP contribution in [0.4, 0.5) is 24.5 Å². The Morgan fingerprint density at radius 3 is 2.69 bits per heavy atom. The van der Waals surface area contributed by atoms with Gasteiger partial charge in [-0.2, -0.15) is 13.2 Å². The van der Waals surface area contributed by atoms with E-state index >= 15 is 0 Å². The zero-order chi connectivity index (χ0) is 29.6. The lowest BCUT2D eigenvalue weighted by molar-refractivity contribution is -0.137. The number of aromatic nitrogens is 1. The fourth-order valence-electron chi connectivity index (χ4n) is 5.71. The number of hydrazine groups is 2. The number of ether oxygens (including phenoxy) is 1. The molecule has 2 unspecified atom stereocenters. The van der Waals surface area contributed by atoms with Crippen molar-refractivity contribution in [2.24, 2.45) is 0 Å². The lowest BCUT2D eigenvalue weighted by atomic mass is 10.1. The molecule has 2 aromatic carbocycles. The van der Waals surface area contributed by atoms with Gasteiger partial charge in [0.25, 0.3) is 5.91 Å². The van der Waals surface area contributed by atoms with Crippen LogP contribution < -0.4 is 26.0 Å². The number of nitrogens with one attached hydrogen (secondary N) is 3. The first-order valence-electron chi connectivity index (χ1n) is 13.4. The number of rotatable bonds is 7. The number of carbonyl (C=O) groups excluding carboxylic acids is 1. The molecule has 2 saturated heterocycles. The minimum absolute atomic E-state index is 0.0801. The Morgan fingerprint density at radius 1 is 1.14 bits per heavy atom. The van der Waals surface area contributed by atoms with Crippen LogP contribution in [0.3, 0.4) is 0 Å². The number of hydrogen-bond acceptors (Lipinski definition) is 8. The van der Waals surface area contributed by atoms with E-state index in [1.807, 2.05) is 0 Å². The van der Waals surface area contributed by atoms with Crippen LogP contribution in [-0.4, -0.2) is 60.0 Å². The van der Waals surface area contributed by atoms with E-state index in [1.54, 1.807) is 55.0 Å². The number of alkyl halides is 3. The Bertz CT molecular complexity index is 1550. The normalized spacial score (nSPS) is 20.5. The second-order valence-corrected chi connectivity index (χ2v) is 11.1. The van der Waals surface area contributed by atoms with Gasteiger partial charge in [-0.25, -0.2) is 0 Å². The van der Waals surface area contributed by atoms with Crippen LogP contribution in [0.15, 0.2) is 61.1 Å². The molecule has 9 nitrogen and oxygen atoms in total. The molecule has 1 aromatic heterocycles. The summed E-state index contributed by atoms with van der Waals surface area (Å²) in [5, 5.41) is 4.61. The minimum atomic E-state index is -4.55. The van der Waals surface area contributed by atoms with Crippen LogP contribution in [0, 0.1) is 0 Å². The largest absolute Gasteiger partial charge is 0.495 e. The summed E-state index contributed by atoms with van der Waals surface area (Å²) in [7, 11) is 3.62. The van der Waals surface area contributed by atoms with Gasteiger partial charge in [-0.3, -0.25) is 19.7 Å². The Morgan fingerprint density at radius 2 is 1.98 bits per heavy atom. The third-order valence-corrected chi connectivity index (χ3v) is 8.21. The molecule has 2 bridgehead atoms. The first-order valence-corrected chi connectivity index (χ1v) is 13.7. The number of benzene rings is 2. The maximum atomic E-state index is 13.8. The van der Waals surface area contributed by atoms with E-state index in [-0.39, 0.29) is 11.3 Å². The number of anilines is 2. The zero-order valence-corrected chi connectivity index (χ0v) is 23.6. The molecule has 0 spiro atoms. The van der Waals surface area contributed by atoms with Gasteiger partial charge < -0.3 is 20.4 Å². The molecule has 3 aliphatic rings. The zero-order valence-electron chi connectivity index (χ0n) is 22.9. The number of carbonyl (C=O) groups is 1. The number of fused-ring (bicyclic) bond motifs is 2. The molecule has 6 rings (SSSR count). The summed E-state index contributed by atoms with van der Waals surface area (Å²) in [5.74, 6) is 0.0248. The lowest BCUT2D eigenvalue weighted by Crippen LogP contribution is -2.43. The maximum Gasteiger partial charge on any atom is 0.416 e. The number of piperazine rings is 1. The van der Waals surface area contributed by atoms with Crippen molar-refractivity contribution >= 4 is 34.6 Å². The van der Waals surface area contributed by atoms with Gasteiger partial charge in [-0.05, 0) is 61.5 Å². The van der Waals surface area contributed by atoms with Gasteiger partial charge >= 0.3 is 6.18 Å². The van der Waals surface area contributed by atoms with Gasteiger partial charge in [0.1, 0.15) is 5.75 Å². The highest BCUT2D eigenvalue weighted by molar-refractivity contribution is 6.33. The monoisotopic (exact) mass is 599 g/mol. The number of pyridine rings is 1. The Labute approximate surface area is 245 Å². The van der Waals surface area contributed by atoms with Gasteiger partial charge in [0, 0.05) is 60.9 Å². The van der Waals surface area contributed by atoms with Gasteiger partial charge in [0.15, 0.2) is 0 Å². The van der Waals surface area contributed by atoms with Gasteiger partial charge in [-0.1, -0.05) is 11.6 Å². The summed E-state index contributed by atoms with van der Waals surface area (Å²) in [6, 6.07) is 10.9. The molecule has 0 saturated carbocycles. The van der Waals surface area contributed by atoms with E-state index < -0.39 is 17.6 Å². The summed E-state index contributed by atoms with van der Waals surface area (Å²) < 4.78 is 46.7. The highest BCUT2D eigenvalue weighted by Gasteiger charge is 2.41. The second-order valence-electron chi connectivity index (χ2n) is 10.7. The van der Waals surface area contributed by atoms with Crippen LogP contribution in [0.1, 0.15) is 33.5 Å². The lowest BCUT2D eigenvalue weighted by Gasteiger charge is -2.32. The molecular weight excluding hydrogens is 571 g/mol. The van der Waals surface area contributed by atoms with Crippen LogP contribution in [0.25, 0.3) is 5.70 Å². The van der Waals surface area contributed by atoms with Crippen molar-refractivity contribution in [1.82, 2.24) is 25.7 Å². The first-order chi connectivity index (χ1) is 20.1. The average molecular weight is 600 g/mol. The number of methoxy groups -OCH3 is 1. The molecule has 0 radical (unpaired) electrons. The molecule has 3 N–H and O–H groups in total. The van der Waals surface area contributed by atoms with Gasteiger partial charge in [0.2, 0.25) is 0 Å². The van der Waals surface area contributed by atoms with E-state index in [9.17, 15) is 18.0 Å². The number of nitrogens with zero attached hydrogens (tertiary/aromatic N) is 4. The Kier molecular flexibility index (Phi) is 7.48. The van der Waals surface area contributed by atoms with E-state index in [2.05, 4.69) is 38.1 Å². The summed E-state index contributed by atoms with van der Waals surface area (Å²) in [4.78, 5) is 21.9. The topological polar surface area (TPSA) is 85.0 Å². The average Bonchev–Trinajstić information content (AvgIpc) is 3.69. The van der Waals surface area contributed by atoms with Crippen molar-refractivity contribution in [3.8, 4) is 5.75 Å². The standard InChI is InChI=1S/C29H29ClF3N7O2/c1-38-14-23-10-22(38)15-39(23)13-17-5-20(29(31,32)33)9-21(6-17)35-28(41)18-3-4-25(30)27(8-18)40-16-26(36-37-40)19-7-24(42-2)12-34-11-19/h3-9,11-12,16,22-23,36-37H,10,13-15H2,1-2H3,(H,35,41). The summed E-state index contributed by atoms with van der Waals surface area (Å²) in [6.07, 6.45) is 1.46. The van der Waals surface area contributed by atoms with Crippen LogP contribution in [0.5, 0.6) is 5.75 Å². The molecule has 3 aromatic rings. The predicted octanol–water partition coefficient (Wildman–Crippen LogP) is 4.73. The summed E-state index contributed by atoms with van der Waals surface area (Å²) in [6.45, 7) is 2.11. The highest BCUT2D eigenvalue weighted by Crippen LogP contribution is 2.35. The van der Waals surface area contributed by atoms with E-state index in [1.165, 1.54) is 12.1 Å². The van der Waals surface area contributed by atoms with Crippen molar-refractivity contribution in [1.29, 1.82) is 0 Å². The molecule has 2 fully saturated rings. The molecule has 220 valence electrons. The molecule has 3 aliphatic heterocycles. The van der Waals surface area contributed by atoms with Crippen LogP contribution >= 0.6 is 11.6 Å². The molecular formula is C29H29ClF3N7O2. The van der Waals surface area contributed by atoms with Gasteiger partial charge in [-0.15, -0.1) is 5.53 Å². The van der Waals surface area contributed by atoms with E-state index in [0.717, 1.165) is 31.1 Å². The summed E-state index contributed by atoms with van der Waals surface area (Å²) >= 11 is 6.46. The number of hydrogen-bond donors (Lipinski definition) is 3. The summed E-state index contributed by atoms with van der Waals surface area (Å²) in [5.41, 5.74) is 7.90. The Balaban J connectivity index is 1.22. The van der Waals surface area contributed by atoms with E-state index in [0.29, 0.717) is 46.3 Å². The van der Waals surface area contributed by atoms with Crippen molar-refractivity contribution in [2.45, 2.75) is 31.2 Å². The maximum absolute atomic E-state index is 13.8. The SMILES string of the molecule is COc1cncc(C2=CN(c3cc(C(=O)Nc4cc(CN5CC6CC5CN6C)cc(C(F)(F)F)c4)ccc3Cl)NN2)c1. The number of likely N-dealkylation sites (tertiary alicyclic amines) is 2. The van der Waals surface area contributed by atoms with Crippen molar-refractivity contribution in [2.75, 3.05) is 37.6 Å². The predicted molar refractivity (Wildman–Crippen MR) is 154 cm³/mol. The molecule has 1 amide bonds. The third-order valence-electron chi connectivity index (χ3n) is 7.89. The smallest absolute Gasteiger partial charge is 0.416 e. The Hall–Kier alpha value is -3.84. The minimum Gasteiger partial charge on any atom is -0.495 e. The molecule has 2 atom stereocenters. The quantitative estimate of drug-likeness (QED) is 0.360. The second kappa shape index (κ2) is 11.1. The molecule has 0 aliphatic carbocycles. The van der Waals surface area contributed by atoms with Crippen molar-refractivity contribution < 1.29 is 22.7 Å². The first kappa shape index (κ1) is 28.3. The fourth-order valence-corrected chi connectivity index (χ4v) is 5.91. The number of halogens is 4. The number of amides is 1. The van der Waals surface area contributed by atoms with Crippen LogP contribution in [0.2, 0.25) is 5.02 Å². The molecule has 13 heteroatoms. The van der Waals surface area contributed by atoms with Crippen molar-refractivity contribution in [3.63, 3.8) is 0 Å². The van der Waals surface area contributed by atoms with E-state index in [4.69, 9.17) is 16.3 Å². The highest BCUT2D eigenvalue weighted by atomic mass is 35.5. The number of likely N-dealkylation sites (N-methyl/N-ethyl adjacent to an activating group) is 1. The molecule has 4 heterocycles. The third kappa shape index (κ3) is 5.75. The van der Waals surface area contributed by atoms with Crippen LogP contribution in [-0.2, 0) is 12.7 Å².